The van der Waals surface area contributed by atoms with E-state index in [1.54, 1.807) is 11.1 Å². The van der Waals surface area contributed by atoms with Crippen molar-refractivity contribution in [3.8, 4) is 17.2 Å². The molecule has 0 radical (unpaired) electrons. The van der Waals surface area contributed by atoms with Gasteiger partial charge in [0.1, 0.15) is 0 Å². The molecule has 1 aliphatic heterocycles. The summed E-state index contributed by atoms with van der Waals surface area (Å²) < 4.78 is 0. The summed E-state index contributed by atoms with van der Waals surface area (Å²) in [6.45, 7) is 3.78. The maximum atomic E-state index is 13.2. The Morgan fingerprint density at radius 1 is 0.886 bits per heavy atom. The molecule has 168 valence electrons. The third-order valence-corrected chi connectivity index (χ3v) is 6.78. The highest BCUT2D eigenvalue weighted by Gasteiger charge is 2.31. The molecule has 1 amide bonds. The van der Waals surface area contributed by atoms with E-state index in [1.165, 1.54) is 0 Å². The fourth-order valence-corrected chi connectivity index (χ4v) is 4.75. The predicted octanol–water partition coefficient (Wildman–Crippen LogP) is 6.47. The highest BCUT2D eigenvalue weighted by Crippen LogP contribution is 2.41. The number of nitriles is 1. The number of fused-ring (bicyclic) bond motifs is 4. The lowest BCUT2D eigenvalue weighted by molar-refractivity contribution is -0.116. The molecule has 35 heavy (non-hydrogen) atoms. The lowest BCUT2D eigenvalue weighted by atomic mass is 9.86. The standard InChI is InChI=1S/C30H22N4O/c1-30(2,18-31)23-8-10-24(11-9-23)34-28(35)15-22-17-33-27-12-7-19(14-25(27)29(22)34)21-13-20-5-3-4-6-26(20)32-16-21/h3-14,16-17H,15H2,1-2H3. The smallest absolute Gasteiger partial charge is 0.236 e. The Hall–Kier alpha value is -4.56. The summed E-state index contributed by atoms with van der Waals surface area (Å²) in [5.41, 5.74) is 6.74. The first-order valence-electron chi connectivity index (χ1n) is 11.6. The molecule has 5 aromatic rings. The Balaban J connectivity index is 1.48. The lowest BCUT2D eigenvalue weighted by Gasteiger charge is -2.22. The summed E-state index contributed by atoms with van der Waals surface area (Å²) in [4.78, 5) is 24.2. The number of rotatable bonds is 3. The molecule has 5 heteroatoms. The fourth-order valence-electron chi connectivity index (χ4n) is 4.75. The van der Waals surface area contributed by atoms with Crippen LogP contribution in [0.4, 0.5) is 11.4 Å². The van der Waals surface area contributed by atoms with Crippen LogP contribution in [0.15, 0.2) is 85.2 Å². The van der Waals surface area contributed by atoms with Gasteiger partial charge >= 0.3 is 0 Å². The van der Waals surface area contributed by atoms with E-state index in [9.17, 15) is 10.1 Å². The second-order valence-electron chi connectivity index (χ2n) is 9.47. The largest absolute Gasteiger partial charge is 0.280 e. The number of amides is 1. The van der Waals surface area contributed by atoms with E-state index in [0.717, 1.165) is 55.4 Å². The Bertz CT molecular complexity index is 1680. The average molecular weight is 455 g/mol. The molecule has 2 aromatic heterocycles. The molecule has 0 saturated heterocycles. The first-order chi connectivity index (χ1) is 16.9. The van der Waals surface area contributed by atoms with Gasteiger partial charge in [-0.3, -0.25) is 19.7 Å². The fraction of sp³-hybridized carbons (Fsp3) is 0.133. The van der Waals surface area contributed by atoms with Crippen molar-refractivity contribution in [1.82, 2.24) is 9.97 Å². The van der Waals surface area contributed by atoms with E-state index in [-0.39, 0.29) is 5.91 Å². The van der Waals surface area contributed by atoms with Crippen molar-refractivity contribution in [1.29, 1.82) is 5.26 Å². The first-order valence-corrected chi connectivity index (χ1v) is 11.6. The van der Waals surface area contributed by atoms with Crippen molar-refractivity contribution in [2.45, 2.75) is 25.7 Å². The predicted molar refractivity (Wildman–Crippen MR) is 138 cm³/mol. The number of aromatic nitrogens is 2. The number of nitrogens with zero attached hydrogens (tertiary/aromatic N) is 4. The van der Waals surface area contributed by atoms with Crippen LogP contribution in [-0.4, -0.2) is 15.9 Å². The zero-order valence-corrected chi connectivity index (χ0v) is 19.5. The molecule has 0 atom stereocenters. The molecular formula is C30H22N4O. The van der Waals surface area contributed by atoms with Gasteiger partial charge in [-0.2, -0.15) is 5.26 Å². The van der Waals surface area contributed by atoms with Crippen LogP contribution in [0.1, 0.15) is 25.0 Å². The molecule has 0 spiro atoms. The highest BCUT2D eigenvalue weighted by atomic mass is 16.2. The minimum atomic E-state index is -0.592. The molecule has 0 aliphatic carbocycles. The van der Waals surface area contributed by atoms with Crippen molar-refractivity contribution in [3.05, 3.63) is 96.3 Å². The van der Waals surface area contributed by atoms with Crippen molar-refractivity contribution < 1.29 is 4.79 Å². The molecule has 0 bridgehead atoms. The number of carbonyl (C=O) groups excluding carboxylic acids is 1. The topological polar surface area (TPSA) is 69.9 Å². The lowest BCUT2D eigenvalue weighted by Crippen LogP contribution is -2.21. The normalized spacial score (nSPS) is 13.3. The third-order valence-electron chi connectivity index (χ3n) is 6.78. The van der Waals surface area contributed by atoms with Crippen LogP contribution in [0.3, 0.4) is 0 Å². The number of hydrogen-bond donors (Lipinski definition) is 0. The number of benzene rings is 3. The molecule has 5 nitrogen and oxygen atoms in total. The van der Waals surface area contributed by atoms with Gasteiger partial charge in [0.15, 0.2) is 0 Å². The van der Waals surface area contributed by atoms with Gasteiger partial charge in [0.2, 0.25) is 5.91 Å². The molecule has 3 aromatic carbocycles. The first kappa shape index (κ1) is 21.0. The molecule has 0 unspecified atom stereocenters. The zero-order valence-electron chi connectivity index (χ0n) is 19.5. The number of carbonyl (C=O) groups is 1. The van der Waals surface area contributed by atoms with Crippen molar-refractivity contribution in [2.24, 2.45) is 0 Å². The molecule has 0 N–H and O–H groups in total. The second kappa shape index (κ2) is 7.75. The zero-order chi connectivity index (χ0) is 24.2. The summed E-state index contributed by atoms with van der Waals surface area (Å²) in [6.07, 6.45) is 4.00. The monoisotopic (exact) mass is 454 g/mol. The van der Waals surface area contributed by atoms with Crippen molar-refractivity contribution in [3.63, 3.8) is 0 Å². The van der Waals surface area contributed by atoms with Gasteiger partial charge in [0, 0.05) is 40.0 Å². The highest BCUT2D eigenvalue weighted by molar-refractivity contribution is 6.14. The summed E-state index contributed by atoms with van der Waals surface area (Å²) in [5, 5.41) is 11.5. The Morgan fingerprint density at radius 3 is 2.46 bits per heavy atom. The number of hydrogen-bond acceptors (Lipinski definition) is 4. The quantitative estimate of drug-likeness (QED) is 0.313. The number of pyridine rings is 2. The molecule has 3 heterocycles. The average Bonchev–Trinajstić information content (AvgIpc) is 3.24. The van der Waals surface area contributed by atoms with Gasteiger partial charge in [0.05, 0.1) is 34.6 Å². The van der Waals surface area contributed by atoms with E-state index in [1.807, 2.05) is 74.6 Å². The van der Waals surface area contributed by atoms with Crippen molar-refractivity contribution >= 4 is 39.1 Å². The van der Waals surface area contributed by atoms with E-state index >= 15 is 0 Å². The van der Waals surface area contributed by atoms with Gasteiger partial charge < -0.3 is 0 Å². The van der Waals surface area contributed by atoms with Crippen LogP contribution >= 0.6 is 0 Å². The maximum absolute atomic E-state index is 13.2. The van der Waals surface area contributed by atoms with Crippen LogP contribution in [-0.2, 0) is 16.6 Å². The Labute approximate surface area is 203 Å². The number of anilines is 2. The van der Waals surface area contributed by atoms with Gasteiger partial charge in [-0.05, 0) is 61.4 Å². The molecule has 0 fully saturated rings. The van der Waals surface area contributed by atoms with Gasteiger partial charge in [-0.25, -0.2) is 0 Å². The number of para-hydroxylation sites is 1. The SMILES string of the molecule is CC(C)(C#N)c1ccc(N2C(=O)Cc3cnc4ccc(-c5cnc6ccccc6c5)cc4c32)cc1. The molecular weight excluding hydrogens is 432 g/mol. The van der Waals surface area contributed by atoms with Gasteiger partial charge in [0.25, 0.3) is 0 Å². The summed E-state index contributed by atoms with van der Waals surface area (Å²) in [7, 11) is 0. The van der Waals surface area contributed by atoms with E-state index < -0.39 is 5.41 Å². The van der Waals surface area contributed by atoms with Gasteiger partial charge in [-0.1, -0.05) is 36.4 Å². The summed E-state index contributed by atoms with van der Waals surface area (Å²) >= 11 is 0. The summed E-state index contributed by atoms with van der Waals surface area (Å²) in [5.74, 6) is 0.0133. The van der Waals surface area contributed by atoms with Crippen LogP contribution in [0.5, 0.6) is 0 Å². The minimum absolute atomic E-state index is 0.0133. The van der Waals surface area contributed by atoms with Crippen LogP contribution in [0.25, 0.3) is 32.9 Å². The van der Waals surface area contributed by atoms with Crippen molar-refractivity contribution in [2.75, 3.05) is 4.90 Å². The Morgan fingerprint density at radius 2 is 1.66 bits per heavy atom. The van der Waals surface area contributed by atoms with Crippen LogP contribution in [0, 0.1) is 11.3 Å². The summed E-state index contributed by atoms with van der Waals surface area (Å²) in [6, 6.07) is 26.4. The van der Waals surface area contributed by atoms with Crippen LogP contribution < -0.4 is 4.90 Å². The Kier molecular flexibility index (Phi) is 4.65. The molecule has 6 rings (SSSR count). The van der Waals surface area contributed by atoms with Crippen LogP contribution in [0.2, 0.25) is 0 Å². The molecule has 0 saturated carbocycles. The third kappa shape index (κ3) is 3.43. The molecule has 1 aliphatic rings. The minimum Gasteiger partial charge on any atom is -0.280 e. The van der Waals surface area contributed by atoms with E-state index in [4.69, 9.17) is 0 Å². The van der Waals surface area contributed by atoms with E-state index in [0.29, 0.717) is 6.42 Å². The second-order valence-corrected chi connectivity index (χ2v) is 9.47. The van der Waals surface area contributed by atoms with E-state index in [2.05, 4.69) is 34.2 Å². The maximum Gasteiger partial charge on any atom is 0.236 e. The van der Waals surface area contributed by atoms with Gasteiger partial charge in [-0.15, -0.1) is 0 Å².